The Morgan fingerprint density at radius 3 is 2.78 bits per heavy atom. The average molecular weight is 405 g/mol. The zero-order valence-corrected chi connectivity index (χ0v) is 15.9. The third-order valence-electron chi connectivity index (χ3n) is 3.94. The molecule has 0 saturated carbocycles. The van der Waals surface area contributed by atoms with E-state index in [0.717, 1.165) is 5.56 Å². The normalized spacial score (nSPS) is 11.8. The number of aliphatic hydroxyl groups is 1. The van der Waals surface area contributed by atoms with E-state index in [9.17, 15) is 14.7 Å². The molecule has 0 aliphatic carbocycles. The van der Waals surface area contributed by atoms with Gasteiger partial charge < -0.3 is 20.2 Å². The molecule has 0 saturated heterocycles. The maximum absolute atomic E-state index is 12.0. The minimum atomic E-state index is -1.07. The van der Waals surface area contributed by atoms with Crippen LogP contribution in [0, 0.1) is 6.92 Å². The van der Waals surface area contributed by atoms with Gasteiger partial charge in [0.1, 0.15) is 17.6 Å². The highest BCUT2D eigenvalue weighted by molar-refractivity contribution is 7.08. The molecule has 1 atom stereocenters. The second-order valence-electron chi connectivity index (χ2n) is 5.81. The number of thiophene rings is 1. The molecule has 0 spiro atoms. The summed E-state index contributed by atoms with van der Waals surface area (Å²) in [6.45, 7) is 1.58. The number of furan rings is 1. The molecule has 0 fully saturated rings. The molecule has 2 amide bonds. The lowest BCUT2D eigenvalue weighted by Gasteiger charge is -2.11. The summed E-state index contributed by atoms with van der Waals surface area (Å²) in [5, 5.41) is 19.4. The molecule has 140 valence electrons. The standard InChI is InChI=1S/C19H17ClN2O4S/c1-11-13(20)3-2-4-14(11)22-19(25)18(24)21-9-15(23)17-6-5-16(26-17)12-7-8-27-10-12/h2-8,10,15,23H,9H2,1H3,(H,21,24)(H,22,25). The molecule has 0 radical (unpaired) electrons. The van der Waals surface area contributed by atoms with E-state index in [-0.39, 0.29) is 6.54 Å². The van der Waals surface area contributed by atoms with Gasteiger partial charge in [0.05, 0.1) is 6.54 Å². The van der Waals surface area contributed by atoms with Crippen LogP contribution in [0.2, 0.25) is 5.02 Å². The van der Waals surface area contributed by atoms with Crippen LogP contribution in [0.25, 0.3) is 11.3 Å². The van der Waals surface area contributed by atoms with Gasteiger partial charge in [0.25, 0.3) is 0 Å². The van der Waals surface area contributed by atoms with Gasteiger partial charge in [-0.25, -0.2) is 0 Å². The Bertz CT molecular complexity index is 953. The lowest BCUT2D eigenvalue weighted by Crippen LogP contribution is -2.37. The minimum Gasteiger partial charge on any atom is -0.458 e. The first-order chi connectivity index (χ1) is 13.0. The highest BCUT2D eigenvalue weighted by atomic mass is 35.5. The average Bonchev–Trinajstić information content (AvgIpc) is 3.34. The first-order valence-corrected chi connectivity index (χ1v) is 9.42. The van der Waals surface area contributed by atoms with Crippen LogP contribution < -0.4 is 10.6 Å². The monoisotopic (exact) mass is 404 g/mol. The van der Waals surface area contributed by atoms with Crippen LogP contribution in [0.1, 0.15) is 17.4 Å². The predicted molar refractivity (Wildman–Crippen MR) is 105 cm³/mol. The number of aliphatic hydroxyl groups excluding tert-OH is 1. The summed E-state index contributed by atoms with van der Waals surface area (Å²) in [6, 6.07) is 10.3. The lowest BCUT2D eigenvalue weighted by atomic mass is 10.2. The van der Waals surface area contributed by atoms with Crippen molar-refractivity contribution in [2.24, 2.45) is 0 Å². The summed E-state index contributed by atoms with van der Waals surface area (Å²) >= 11 is 7.53. The van der Waals surface area contributed by atoms with Gasteiger partial charge in [0.15, 0.2) is 0 Å². The highest BCUT2D eigenvalue weighted by Crippen LogP contribution is 2.27. The minimum absolute atomic E-state index is 0.155. The molecule has 0 aliphatic rings. The Balaban J connectivity index is 1.55. The molecule has 2 heterocycles. The van der Waals surface area contributed by atoms with E-state index in [1.165, 1.54) is 11.3 Å². The summed E-state index contributed by atoms with van der Waals surface area (Å²) in [7, 11) is 0. The largest absolute Gasteiger partial charge is 0.458 e. The van der Waals surface area contributed by atoms with Crippen LogP contribution in [-0.4, -0.2) is 23.5 Å². The fraction of sp³-hybridized carbons (Fsp3) is 0.158. The zero-order chi connectivity index (χ0) is 19.4. The van der Waals surface area contributed by atoms with Crippen molar-refractivity contribution in [2.75, 3.05) is 11.9 Å². The van der Waals surface area contributed by atoms with E-state index < -0.39 is 17.9 Å². The van der Waals surface area contributed by atoms with Gasteiger partial charge in [-0.2, -0.15) is 11.3 Å². The number of anilines is 1. The second kappa shape index (κ2) is 8.39. The maximum Gasteiger partial charge on any atom is 0.313 e. The highest BCUT2D eigenvalue weighted by Gasteiger charge is 2.19. The van der Waals surface area contributed by atoms with Crippen LogP contribution in [0.15, 0.2) is 51.6 Å². The fourth-order valence-electron chi connectivity index (χ4n) is 2.38. The number of rotatable bonds is 5. The van der Waals surface area contributed by atoms with E-state index in [0.29, 0.717) is 27.8 Å². The lowest BCUT2D eigenvalue weighted by molar-refractivity contribution is -0.136. The van der Waals surface area contributed by atoms with Gasteiger partial charge in [0, 0.05) is 21.7 Å². The predicted octanol–water partition coefficient (Wildman–Crippen LogP) is 3.76. The summed E-state index contributed by atoms with van der Waals surface area (Å²) in [5.74, 6) is -0.766. The molecular formula is C19H17ClN2O4S. The van der Waals surface area contributed by atoms with Crippen LogP contribution >= 0.6 is 22.9 Å². The van der Waals surface area contributed by atoms with E-state index in [2.05, 4.69) is 10.6 Å². The summed E-state index contributed by atoms with van der Waals surface area (Å²) in [6.07, 6.45) is -1.07. The van der Waals surface area contributed by atoms with Crippen molar-refractivity contribution in [3.8, 4) is 11.3 Å². The molecular weight excluding hydrogens is 388 g/mol. The van der Waals surface area contributed by atoms with Gasteiger partial charge in [-0.15, -0.1) is 0 Å². The summed E-state index contributed by atoms with van der Waals surface area (Å²) in [4.78, 5) is 24.0. The van der Waals surface area contributed by atoms with Crippen molar-refractivity contribution in [2.45, 2.75) is 13.0 Å². The molecule has 3 N–H and O–H groups in total. The molecule has 27 heavy (non-hydrogen) atoms. The number of nitrogens with one attached hydrogen (secondary N) is 2. The first-order valence-electron chi connectivity index (χ1n) is 8.10. The van der Waals surface area contributed by atoms with E-state index in [1.54, 1.807) is 37.3 Å². The first kappa shape index (κ1) is 19.2. The molecule has 0 bridgehead atoms. The van der Waals surface area contributed by atoms with Crippen LogP contribution in [0.3, 0.4) is 0 Å². The van der Waals surface area contributed by atoms with Crippen molar-refractivity contribution >= 4 is 40.4 Å². The number of hydrogen-bond donors (Lipinski definition) is 3. The Morgan fingerprint density at radius 2 is 2.04 bits per heavy atom. The smallest absolute Gasteiger partial charge is 0.313 e. The Labute approximate surface area is 164 Å². The number of carbonyl (C=O) groups excluding carboxylic acids is 2. The molecule has 6 nitrogen and oxygen atoms in total. The SMILES string of the molecule is Cc1c(Cl)cccc1NC(=O)C(=O)NCC(O)c1ccc(-c2ccsc2)o1. The molecule has 2 aromatic heterocycles. The summed E-state index contributed by atoms with van der Waals surface area (Å²) in [5.41, 5.74) is 2.03. The van der Waals surface area contributed by atoms with Crippen molar-refractivity contribution in [1.29, 1.82) is 0 Å². The summed E-state index contributed by atoms with van der Waals surface area (Å²) < 4.78 is 5.60. The Kier molecular flexibility index (Phi) is 5.95. The van der Waals surface area contributed by atoms with Crippen LogP contribution in [0.5, 0.6) is 0 Å². The van der Waals surface area contributed by atoms with E-state index >= 15 is 0 Å². The number of benzene rings is 1. The van der Waals surface area contributed by atoms with Crippen LogP contribution in [0.4, 0.5) is 5.69 Å². The molecule has 0 aliphatic heterocycles. The van der Waals surface area contributed by atoms with Crippen molar-refractivity contribution in [3.63, 3.8) is 0 Å². The van der Waals surface area contributed by atoms with Gasteiger partial charge >= 0.3 is 11.8 Å². The second-order valence-corrected chi connectivity index (χ2v) is 6.99. The zero-order valence-electron chi connectivity index (χ0n) is 14.4. The topological polar surface area (TPSA) is 91.6 Å². The fourth-order valence-corrected chi connectivity index (χ4v) is 3.20. The third-order valence-corrected chi connectivity index (χ3v) is 5.03. The third kappa shape index (κ3) is 4.57. The number of halogens is 1. The Morgan fingerprint density at radius 1 is 1.22 bits per heavy atom. The van der Waals surface area contributed by atoms with Gasteiger partial charge in [-0.3, -0.25) is 9.59 Å². The molecule has 1 aromatic carbocycles. The van der Waals surface area contributed by atoms with Crippen molar-refractivity contribution < 1.29 is 19.1 Å². The van der Waals surface area contributed by atoms with Gasteiger partial charge in [-0.1, -0.05) is 17.7 Å². The molecule has 8 heteroatoms. The van der Waals surface area contributed by atoms with Gasteiger partial charge in [0.2, 0.25) is 0 Å². The number of hydrogen-bond acceptors (Lipinski definition) is 5. The molecule has 1 unspecified atom stereocenters. The van der Waals surface area contributed by atoms with E-state index in [1.807, 2.05) is 16.8 Å². The van der Waals surface area contributed by atoms with Crippen molar-refractivity contribution in [3.05, 3.63) is 63.5 Å². The number of amides is 2. The van der Waals surface area contributed by atoms with Gasteiger partial charge in [-0.05, 0) is 48.2 Å². The number of carbonyl (C=O) groups is 2. The quantitative estimate of drug-likeness (QED) is 0.564. The Hall–Kier alpha value is -2.61. The molecule has 3 aromatic rings. The van der Waals surface area contributed by atoms with E-state index in [4.69, 9.17) is 16.0 Å². The molecule has 3 rings (SSSR count). The maximum atomic E-state index is 12.0. The van der Waals surface area contributed by atoms with Crippen molar-refractivity contribution in [1.82, 2.24) is 5.32 Å². The van der Waals surface area contributed by atoms with Crippen LogP contribution in [-0.2, 0) is 9.59 Å².